The molecule has 0 fully saturated rings. The van der Waals surface area contributed by atoms with Crippen molar-refractivity contribution in [2.75, 3.05) is 0 Å². The van der Waals surface area contributed by atoms with Gasteiger partial charge in [-0.3, -0.25) is 4.79 Å². The van der Waals surface area contributed by atoms with E-state index < -0.39 is 22.9 Å². The van der Waals surface area contributed by atoms with E-state index in [9.17, 15) is 14.1 Å². The van der Waals surface area contributed by atoms with Gasteiger partial charge in [0.05, 0.1) is 27.3 Å². The first-order valence-electron chi connectivity index (χ1n) is 7.57. The molecule has 0 heterocycles. The van der Waals surface area contributed by atoms with Crippen LogP contribution in [0.25, 0.3) is 0 Å². The van der Waals surface area contributed by atoms with Crippen molar-refractivity contribution in [1.29, 1.82) is 5.41 Å². The topological polar surface area (TPSA) is 90.6 Å². The molecule has 0 aromatic heterocycles. The van der Waals surface area contributed by atoms with Crippen molar-refractivity contribution >= 4 is 51.6 Å². The highest BCUT2D eigenvalue weighted by molar-refractivity contribution is 7.83. The van der Waals surface area contributed by atoms with E-state index in [-0.39, 0.29) is 17.2 Å². The monoisotopic (exact) mass is 410 g/mol. The van der Waals surface area contributed by atoms with E-state index in [0.29, 0.717) is 21.2 Å². The summed E-state index contributed by atoms with van der Waals surface area (Å²) in [5.41, 5.74) is 1.000. The Morgan fingerprint density at radius 2 is 1.85 bits per heavy atom. The minimum atomic E-state index is -1.79. The van der Waals surface area contributed by atoms with Gasteiger partial charge in [-0.05, 0) is 30.7 Å². The van der Waals surface area contributed by atoms with Crippen molar-refractivity contribution in [3.63, 3.8) is 0 Å². The fraction of sp³-hybridized carbons (Fsp3) is 0.167. The van der Waals surface area contributed by atoms with Gasteiger partial charge in [-0.25, -0.2) is 4.21 Å². The number of rotatable bonds is 7. The van der Waals surface area contributed by atoms with Gasteiger partial charge < -0.3 is 10.5 Å². The van der Waals surface area contributed by atoms with Crippen LogP contribution < -0.4 is 0 Å². The number of aliphatic carboxylic acids is 1. The molecule has 2 atom stereocenters. The van der Waals surface area contributed by atoms with Crippen molar-refractivity contribution in [2.45, 2.75) is 18.2 Å². The summed E-state index contributed by atoms with van der Waals surface area (Å²) in [6.07, 6.45) is -0.318. The van der Waals surface area contributed by atoms with Crippen LogP contribution in [0.5, 0.6) is 0 Å². The lowest BCUT2D eigenvalue weighted by Gasteiger charge is -2.16. The van der Waals surface area contributed by atoms with Crippen molar-refractivity contribution in [2.24, 2.45) is 10.3 Å². The molecule has 0 aliphatic rings. The van der Waals surface area contributed by atoms with Crippen LogP contribution in [0.3, 0.4) is 0 Å². The molecule has 0 bridgehead atoms. The third-order valence-corrected chi connectivity index (χ3v) is 5.49. The quantitative estimate of drug-likeness (QED) is 0.651. The van der Waals surface area contributed by atoms with Crippen molar-refractivity contribution in [3.8, 4) is 0 Å². The molecule has 8 heteroatoms. The van der Waals surface area contributed by atoms with Crippen LogP contribution in [0, 0.1) is 11.3 Å². The third kappa shape index (κ3) is 5.24. The average Bonchev–Trinajstić information content (AvgIpc) is 2.61. The van der Waals surface area contributed by atoms with Crippen LogP contribution >= 0.6 is 23.2 Å². The summed E-state index contributed by atoms with van der Waals surface area (Å²) in [4.78, 5) is 11.6. The maximum atomic E-state index is 12.5. The zero-order chi connectivity index (χ0) is 19.3. The smallest absolute Gasteiger partial charge is 0.304 e. The van der Waals surface area contributed by atoms with Crippen molar-refractivity contribution in [1.82, 2.24) is 0 Å². The molecule has 5 nitrogen and oxygen atoms in total. The summed E-state index contributed by atoms with van der Waals surface area (Å²) in [5, 5.41) is 18.1. The summed E-state index contributed by atoms with van der Waals surface area (Å²) in [7, 11) is -1.79. The number of hydrogen-bond donors (Lipinski definition) is 2. The Kier molecular flexibility index (Phi) is 7.08. The Labute approximate surface area is 163 Å². The Balaban J connectivity index is 2.33. The number of hydrogen-bond acceptors (Lipinski definition) is 3. The second-order valence-corrected chi connectivity index (χ2v) is 7.45. The fourth-order valence-electron chi connectivity index (χ4n) is 2.28. The Hall–Kier alpha value is -2.02. The van der Waals surface area contributed by atoms with Gasteiger partial charge in [0.1, 0.15) is 0 Å². The highest BCUT2D eigenvalue weighted by Crippen LogP contribution is 2.25. The van der Waals surface area contributed by atoms with Gasteiger partial charge in [0, 0.05) is 11.4 Å². The molecule has 2 aromatic carbocycles. The second-order valence-electron chi connectivity index (χ2n) is 5.49. The maximum absolute atomic E-state index is 12.5. The van der Waals surface area contributed by atoms with Crippen LogP contribution in [0.15, 0.2) is 57.8 Å². The molecule has 136 valence electrons. The molecular weight excluding hydrogens is 395 g/mol. The number of benzene rings is 2. The molecular formula is C18H16Cl2N2O3S. The van der Waals surface area contributed by atoms with Gasteiger partial charge in [0.25, 0.3) is 0 Å². The fourth-order valence-corrected chi connectivity index (χ4v) is 3.54. The summed E-state index contributed by atoms with van der Waals surface area (Å²) in [6, 6.07) is 13.3. The molecule has 2 unspecified atom stereocenters. The molecule has 26 heavy (non-hydrogen) atoms. The van der Waals surface area contributed by atoms with E-state index >= 15 is 0 Å². The molecule has 0 radical (unpaired) electrons. The second kappa shape index (κ2) is 9.07. The van der Waals surface area contributed by atoms with E-state index in [1.807, 2.05) is 6.07 Å². The van der Waals surface area contributed by atoms with Gasteiger partial charge in [0.15, 0.2) is 11.0 Å². The lowest BCUT2D eigenvalue weighted by molar-refractivity contribution is -0.137. The maximum Gasteiger partial charge on any atom is 0.304 e. The standard InChI is InChI=1S/C18H16Cl2N2O3S/c1-11(22-26(25)13-7-8-15(19)16(20)9-13)14(10-17(23)24)18(21)12-5-3-2-4-6-12/h2-9,14,21H,10H2,1H3,(H,23,24). The van der Waals surface area contributed by atoms with Crippen LogP contribution in [-0.4, -0.2) is 26.7 Å². The van der Waals surface area contributed by atoms with Gasteiger partial charge in [-0.2, -0.15) is 4.40 Å². The highest BCUT2D eigenvalue weighted by atomic mass is 35.5. The highest BCUT2D eigenvalue weighted by Gasteiger charge is 2.23. The molecule has 0 saturated carbocycles. The first-order chi connectivity index (χ1) is 12.3. The van der Waals surface area contributed by atoms with Gasteiger partial charge in [-0.15, -0.1) is 0 Å². The minimum Gasteiger partial charge on any atom is -0.481 e. The predicted octanol–water partition coefficient (Wildman–Crippen LogP) is 4.64. The largest absolute Gasteiger partial charge is 0.481 e. The van der Waals surface area contributed by atoms with E-state index in [2.05, 4.69) is 4.40 Å². The Bertz CT molecular complexity index is 885. The minimum absolute atomic E-state index is 0.111. The lowest BCUT2D eigenvalue weighted by atomic mass is 9.90. The molecule has 0 spiro atoms. The summed E-state index contributed by atoms with van der Waals surface area (Å²) in [6.45, 7) is 1.57. The molecule has 0 amide bonds. The predicted molar refractivity (Wildman–Crippen MR) is 105 cm³/mol. The Morgan fingerprint density at radius 1 is 1.19 bits per heavy atom. The molecule has 0 aliphatic heterocycles. The number of nitrogens with zero attached hydrogens (tertiary/aromatic N) is 1. The molecule has 2 rings (SSSR count). The van der Waals surface area contributed by atoms with Crippen LogP contribution in [-0.2, 0) is 15.8 Å². The zero-order valence-electron chi connectivity index (χ0n) is 13.8. The number of halogens is 2. The molecule has 0 saturated heterocycles. The van der Waals surface area contributed by atoms with Gasteiger partial charge in [-0.1, -0.05) is 53.5 Å². The van der Waals surface area contributed by atoms with Crippen LogP contribution in [0.2, 0.25) is 10.0 Å². The zero-order valence-corrected chi connectivity index (χ0v) is 16.1. The van der Waals surface area contributed by atoms with Crippen LogP contribution in [0.4, 0.5) is 0 Å². The SMILES string of the molecule is CC(=NS(=O)c1ccc(Cl)c(Cl)c1)C(CC(=O)O)C(=N)c1ccccc1. The van der Waals surface area contributed by atoms with E-state index in [4.69, 9.17) is 28.6 Å². The summed E-state index contributed by atoms with van der Waals surface area (Å²) < 4.78 is 16.6. The van der Waals surface area contributed by atoms with E-state index in [1.54, 1.807) is 31.2 Å². The Morgan fingerprint density at radius 3 is 2.42 bits per heavy atom. The van der Waals surface area contributed by atoms with E-state index in [0.717, 1.165) is 0 Å². The number of carboxylic acid groups (broad SMARTS) is 1. The van der Waals surface area contributed by atoms with Crippen molar-refractivity contribution < 1.29 is 14.1 Å². The normalized spacial score (nSPS) is 13.9. The molecule has 2 aromatic rings. The first-order valence-corrected chi connectivity index (χ1v) is 9.43. The number of carboxylic acids is 1. The number of nitrogens with one attached hydrogen (secondary N) is 1. The molecule has 0 aliphatic carbocycles. The van der Waals surface area contributed by atoms with Gasteiger partial charge >= 0.3 is 5.97 Å². The lowest BCUT2D eigenvalue weighted by Crippen LogP contribution is -2.25. The molecule has 2 N–H and O–H groups in total. The number of carbonyl (C=O) groups is 1. The van der Waals surface area contributed by atoms with Crippen molar-refractivity contribution in [3.05, 3.63) is 64.1 Å². The van der Waals surface area contributed by atoms with Crippen LogP contribution in [0.1, 0.15) is 18.9 Å². The average molecular weight is 411 g/mol. The third-order valence-electron chi connectivity index (χ3n) is 3.64. The van der Waals surface area contributed by atoms with Gasteiger partial charge in [0.2, 0.25) is 0 Å². The first kappa shape index (κ1) is 20.3. The summed E-state index contributed by atoms with van der Waals surface area (Å²) in [5.74, 6) is -1.85. The summed E-state index contributed by atoms with van der Waals surface area (Å²) >= 11 is 11.8. The van der Waals surface area contributed by atoms with E-state index in [1.165, 1.54) is 18.2 Å².